The van der Waals surface area contributed by atoms with Gasteiger partial charge in [0.25, 0.3) is 0 Å². The predicted molar refractivity (Wildman–Crippen MR) is 87.1 cm³/mol. The zero-order valence-corrected chi connectivity index (χ0v) is 13.7. The fourth-order valence-electron chi connectivity index (χ4n) is 2.15. The normalized spacial score (nSPS) is 11.6. The van der Waals surface area contributed by atoms with Gasteiger partial charge in [-0.3, -0.25) is 4.79 Å². The standard InChI is InChI=1S/C16H24F2N2O.ClH/c1-2-3-6-13(11-19)20-16(21)7-4-5-12-8-9-14(17)15(18)10-12;/h8-10,13H,2-7,11,19H2,1H3,(H,20,21);1H. The number of hydrogen-bond donors (Lipinski definition) is 2. The third-order valence-electron chi connectivity index (χ3n) is 3.41. The molecule has 1 amide bonds. The van der Waals surface area contributed by atoms with Crippen molar-refractivity contribution < 1.29 is 13.6 Å². The van der Waals surface area contributed by atoms with Crippen LogP contribution in [0.15, 0.2) is 18.2 Å². The van der Waals surface area contributed by atoms with Crippen LogP contribution in [-0.4, -0.2) is 18.5 Å². The number of carbonyl (C=O) groups is 1. The largest absolute Gasteiger partial charge is 0.352 e. The molecule has 3 N–H and O–H groups in total. The van der Waals surface area contributed by atoms with Gasteiger partial charge in [-0.15, -0.1) is 12.4 Å². The maximum Gasteiger partial charge on any atom is 0.220 e. The molecule has 1 unspecified atom stereocenters. The van der Waals surface area contributed by atoms with Gasteiger partial charge in [0.05, 0.1) is 0 Å². The summed E-state index contributed by atoms with van der Waals surface area (Å²) in [6, 6.07) is 3.86. The summed E-state index contributed by atoms with van der Waals surface area (Å²) in [4.78, 5) is 11.8. The van der Waals surface area contributed by atoms with Crippen molar-refractivity contribution in [1.29, 1.82) is 0 Å². The van der Waals surface area contributed by atoms with Crippen LogP contribution in [0.2, 0.25) is 0 Å². The molecule has 0 aliphatic carbocycles. The van der Waals surface area contributed by atoms with Crippen molar-refractivity contribution in [3.05, 3.63) is 35.4 Å². The van der Waals surface area contributed by atoms with Crippen molar-refractivity contribution >= 4 is 18.3 Å². The van der Waals surface area contributed by atoms with Crippen molar-refractivity contribution in [1.82, 2.24) is 5.32 Å². The second kappa shape index (κ2) is 11.4. The first-order valence-electron chi connectivity index (χ1n) is 7.50. The summed E-state index contributed by atoms with van der Waals surface area (Å²) in [7, 11) is 0. The van der Waals surface area contributed by atoms with Crippen LogP contribution in [-0.2, 0) is 11.2 Å². The molecule has 1 aromatic carbocycles. The lowest BCUT2D eigenvalue weighted by molar-refractivity contribution is -0.121. The third kappa shape index (κ3) is 7.71. The Bertz CT molecular complexity index is 458. The molecule has 0 saturated heterocycles. The molecule has 1 aromatic rings. The lowest BCUT2D eigenvalue weighted by Gasteiger charge is -2.16. The minimum absolute atomic E-state index is 0. The maximum atomic E-state index is 13.0. The second-order valence-corrected chi connectivity index (χ2v) is 5.24. The minimum Gasteiger partial charge on any atom is -0.352 e. The molecule has 22 heavy (non-hydrogen) atoms. The van der Waals surface area contributed by atoms with E-state index in [1.807, 2.05) is 0 Å². The van der Waals surface area contributed by atoms with E-state index in [0.717, 1.165) is 25.3 Å². The highest BCUT2D eigenvalue weighted by Crippen LogP contribution is 2.11. The molecule has 0 fully saturated rings. The number of rotatable bonds is 9. The van der Waals surface area contributed by atoms with E-state index < -0.39 is 11.6 Å². The number of nitrogens with two attached hydrogens (primary N) is 1. The first-order valence-corrected chi connectivity index (χ1v) is 7.50. The number of nitrogens with one attached hydrogen (secondary N) is 1. The van der Waals surface area contributed by atoms with Crippen molar-refractivity contribution in [2.45, 2.75) is 51.5 Å². The van der Waals surface area contributed by atoms with Crippen LogP contribution in [0.4, 0.5) is 8.78 Å². The first-order chi connectivity index (χ1) is 10.1. The van der Waals surface area contributed by atoms with Gasteiger partial charge in [-0.25, -0.2) is 8.78 Å². The van der Waals surface area contributed by atoms with E-state index in [1.54, 1.807) is 6.07 Å². The van der Waals surface area contributed by atoms with Gasteiger partial charge in [0.15, 0.2) is 11.6 Å². The highest BCUT2D eigenvalue weighted by atomic mass is 35.5. The molecule has 0 spiro atoms. The van der Waals surface area contributed by atoms with E-state index in [4.69, 9.17) is 5.73 Å². The SMILES string of the molecule is CCCCC(CN)NC(=O)CCCc1ccc(F)c(F)c1.Cl. The van der Waals surface area contributed by atoms with Crippen LogP contribution < -0.4 is 11.1 Å². The number of unbranched alkanes of at least 4 members (excludes halogenated alkanes) is 1. The Labute approximate surface area is 137 Å². The molecule has 1 atom stereocenters. The van der Waals surface area contributed by atoms with Gasteiger partial charge >= 0.3 is 0 Å². The maximum absolute atomic E-state index is 13.0. The topological polar surface area (TPSA) is 55.1 Å². The average Bonchev–Trinajstić information content (AvgIpc) is 2.47. The fraction of sp³-hybridized carbons (Fsp3) is 0.562. The zero-order chi connectivity index (χ0) is 15.7. The van der Waals surface area contributed by atoms with Crippen molar-refractivity contribution in [2.24, 2.45) is 5.73 Å². The summed E-state index contributed by atoms with van der Waals surface area (Å²) in [6.45, 7) is 2.53. The lowest BCUT2D eigenvalue weighted by atomic mass is 10.1. The predicted octanol–water partition coefficient (Wildman–Crippen LogP) is 3.34. The number of carbonyl (C=O) groups excluding carboxylic acids is 1. The summed E-state index contributed by atoms with van der Waals surface area (Å²) in [5, 5.41) is 2.91. The molecule has 0 radical (unpaired) electrons. The van der Waals surface area contributed by atoms with Gasteiger partial charge < -0.3 is 11.1 Å². The molecule has 0 aliphatic heterocycles. The van der Waals surface area contributed by atoms with Gasteiger partial charge in [-0.05, 0) is 37.0 Å². The molecule has 0 heterocycles. The summed E-state index contributed by atoms with van der Waals surface area (Å²) in [6.07, 6.45) is 4.51. The fourth-order valence-corrected chi connectivity index (χ4v) is 2.15. The van der Waals surface area contributed by atoms with Crippen LogP contribution in [0.5, 0.6) is 0 Å². The van der Waals surface area contributed by atoms with Gasteiger partial charge in [0.2, 0.25) is 5.91 Å². The van der Waals surface area contributed by atoms with Crippen molar-refractivity contribution in [2.75, 3.05) is 6.54 Å². The highest BCUT2D eigenvalue weighted by Gasteiger charge is 2.10. The molecule has 3 nitrogen and oxygen atoms in total. The summed E-state index contributed by atoms with van der Waals surface area (Å²) >= 11 is 0. The Morgan fingerprint density at radius 3 is 2.59 bits per heavy atom. The van der Waals surface area contributed by atoms with E-state index >= 15 is 0 Å². The van der Waals surface area contributed by atoms with E-state index in [9.17, 15) is 13.6 Å². The van der Waals surface area contributed by atoms with Crippen LogP contribution in [0.1, 0.15) is 44.6 Å². The molecule has 0 saturated carbocycles. The average molecular weight is 335 g/mol. The Hall–Kier alpha value is -1.20. The van der Waals surface area contributed by atoms with Crippen LogP contribution >= 0.6 is 12.4 Å². The number of benzene rings is 1. The van der Waals surface area contributed by atoms with Gasteiger partial charge in [0, 0.05) is 19.0 Å². The minimum atomic E-state index is -0.849. The molecule has 6 heteroatoms. The molecule has 1 rings (SSSR count). The summed E-state index contributed by atoms with van der Waals surface area (Å²) in [5.74, 6) is -1.73. The second-order valence-electron chi connectivity index (χ2n) is 5.24. The Kier molecular flexibility index (Phi) is 10.8. The molecular formula is C16H25ClF2N2O. The van der Waals surface area contributed by atoms with Crippen LogP contribution in [0, 0.1) is 11.6 Å². The van der Waals surface area contributed by atoms with Gasteiger partial charge in [0.1, 0.15) is 0 Å². The Morgan fingerprint density at radius 2 is 2.00 bits per heavy atom. The third-order valence-corrected chi connectivity index (χ3v) is 3.41. The zero-order valence-electron chi connectivity index (χ0n) is 12.9. The molecule has 0 bridgehead atoms. The molecule has 0 aromatic heterocycles. The molecule has 0 aliphatic rings. The number of hydrogen-bond acceptors (Lipinski definition) is 2. The highest BCUT2D eigenvalue weighted by molar-refractivity contribution is 5.85. The molecular weight excluding hydrogens is 310 g/mol. The van der Waals surface area contributed by atoms with Gasteiger partial charge in [-0.2, -0.15) is 0 Å². The number of aryl methyl sites for hydroxylation is 1. The first kappa shape index (κ1) is 20.8. The lowest BCUT2D eigenvalue weighted by Crippen LogP contribution is -2.40. The Morgan fingerprint density at radius 1 is 1.27 bits per heavy atom. The van der Waals surface area contributed by atoms with E-state index in [1.165, 1.54) is 6.07 Å². The van der Waals surface area contributed by atoms with Crippen molar-refractivity contribution in [3.8, 4) is 0 Å². The Balaban J connectivity index is 0.00000441. The van der Waals surface area contributed by atoms with E-state index in [2.05, 4.69) is 12.2 Å². The smallest absolute Gasteiger partial charge is 0.220 e. The summed E-state index contributed by atoms with van der Waals surface area (Å²) < 4.78 is 25.8. The summed E-state index contributed by atoms with van der Waals surface area (Å²) in [5.41, 5.74) is 6.32. The number of halogens is 3. The van der Waals surface area contributed by atoms with Crippen molar-refractivity contribution in [3.63, 3.8) is 0 Å². The number of amides is 1. The van der Waals surface area contributed by atoms with Crippen LogP contribution in [0.3, 0.4) is 0 Å². The monoisotopic (exact) mass is 334 g/mol. The van der Waals surface area contributed by atoms with E-state index in [0.29, 0.717) is 31.4 Å². The van der Waals surface area contributed by atoms with E-state index in [-0.39, 0.29) is 24.4 Å². The van der Waals surface area contributed by atoms with Gasteiger partial charge in [-0.1, -0.05) is 25.8 Å². The quantitative estimate of drug-likeness (QED) is 0.727. The van der Waals surface area contributed by atoms with Crippen LogP contribution in [0.25, 0.3) is 0 Å². The molecule has 126 valence electrons.